The largest absolute Gasteiger partial charge is 0.326 e. The molecule has 0 unspecified atom stereocenters. The van der Waals surface area contributed by atoms with Crippen LogP contribution in [0.5, 0.6) is 0 Å². The third kappa shape index (κ3) is 3.78. The molecule has 2 aromatic carbocycles. The summed E-state index contributed by atoms with van der Waals surface area (Å²) in [6.45, 7) is 0.228. The van der Waals surface area contributed by atoms with Crippen LogP contribution in [0.3, 0.4) is 0 Å². The Morgan fingerprint density at radius 2 is 1.91 bits per heavy atom. The number of anilines is 2. The van der Waals surface area contributed by atoms with E-state index in [1.807, 2.05) is 36.4 Å². The van der Waals surface area contributed by atoms with Gasteiger partial charge < -0.3 is 5.32 Å². The summed E-state index contributed by atoms with van der Waals surface area (Å²) < 4.78 is 1.77. The predicted octanol–water partition coefficient (Wildman–Crippen LogP) is 3.46. The van der Waals surface area contributed by atoms with Gasteiger partial charge >= 0.3 is 0 Å². The highest BCUT2D eigenvalue weighted by molar-refractivity contribution is 6.05. The molecule has 10 nitrogen and oxygen atoms in total. The molecule has 2 amide bonds. The smallest absolute Gasteiger partial charge is 0.271 e. The fourth-order valence-corrected chi connectivity index (χ4v) is 3.98. The molecule has 1 aliphatic rings. The zero-order valence-corrected chi connectivity index (χ0v) is 17.3. The predicted molar refractivity (Wildman–Crippen MR) is 121 cm³/mol. The summed E-state index contributed by atoms with van der Waals surface area (Å²) in [5.41, 5.74) is 2.33. The number of amides is 2. The van der Waals surface area contributed by atoms with E-state index in [9.17, 15) is 19.7 Å². The Bertz CT molecular complexity index is 1380. The fraction of sp³-hybridized carbons (Fsp3) is 0.130. The van der Waals surface area contributed by atoms with Crippen molar-refractivity contribution in [1.29, 1.82) is 0 Å². The number of imidazole rings is 1. The molecule has 1 N–H and O–H groups in total. The summed E-state index contributed by atoms with van der Waals surface area (Å²) in [4.78, 5) is 47.1. The van der Waals surface area contributed by atoms with Gasteiger partial charge in [0, 0.05) is 24.0 Å². The van der Waals surface area contributed by atoms with Crippen molar-refractivity contribution in [3.63, 3.8) is 0 Å². The van der Waals surface area contributed by atoms with Gasteiger partial charge in [0.25, 0.3) is 11.6 Å². The second-order valence-corrected chi connectivity index (χ2v) is 7.59. The third-order valence-corrected chi connectivity index (χ3v) is 5.45. The topological polar surface area (TPSA) is 123 Å². The van der Waals surface area contributed by atoms with E-state index in [1.165, 1.54) is 23.1 Å². The Balaban J connectivity index is 1.45. The standard InChI is InChI=1S/C23H18N6O4/c30-21(25-15-7-5-8-17(12-15)29(32)33)13-20-22(31)27(14-16-6-3-4-11-24-16)23-26-18-9-1-2-10-19(18)28(20)23/h1-12,20H,13-14H2,(H,25,30)/t20-/m1/s1. The molecule has 2 aromatic heterocycles. The van der Waals surface area contributed by atoms with Crippen LogP contribution in [0.25, 0.3) is 11.0 Å². The van der Waals surface area contributed by atoms with Gasteiger partial charge in [0.05, 0.1) is 34.6 Å². The molecule has 0 saturated heterocycles. The van der Waals surface area contributed by atoms with Gasteiger partial charge in [-0.15, -0.1) is 0 Å². The number of nitro benzene ring substituents is 1. The lowest BCUT2D eigenvalue weighted by molar-refractivity contribution is -0.384. The molecule has 0 aliphatic carbocycles. The molecule has 0 saturated carbocycles. The van der Waals surface area contributed by atoms with E-state index in [4.69, 9.17) is 0 Å². The maximum absolute atomic E-state index is 13.4. The van der Waals surface area contributed by atoms with E-state index < -0.39 is 16.9 Å². The number of nitrogens with zero attached hydrogens (tertiary/aromatic N) is 5. The number of non-ortho nitro benzene ring substituents is 1. The summed E-state index contributed by atoms with van der Waals surface area (Å²) in [7, 11) is 0. The summed E-state index contributed by atoms with van der Waals surface area (Å²) >= 11 is 0. The van der Waals surface area contributed by atoms with E-state index >= 15 is 0 Å². The van der Waals surface area contributed by atoms with Crippen LogP contribution >= 0.6 is 0 Å². The Morgan fingerprint density at radius 1 is 1.09 bits per heavy atom. The highest BCUT2D eigenvalue weighted by Crippen LogP contribution is 2.37. The lowest BCUT2D eigenvalue weighted by Crippen LogP contribution is -2.31. The number of hydrogen-bond donors (Lipinski definition) is 1. The number of carbonyl (C=O) groups is 2. The van der Waals surface area contributed by atoms with Gasteiger partial charge in [-0.2, -0.15) is 0 Å². The quantitative estimate of drug-likeness (QED) is 0.360. The van der Waals surface area contributed by atoms with Crippen LogP contribution in [0.1, 0.15) is 18.2 Å². The van der Waals surface area contributed by atoms with Gasteiger partial charge in [-0.25, -0.2) is 4.98 Å². The average molecular weight is 442 g/mol. The minimum absolute atomic E-state index is 0.130. The number of aromatic nitrogens is 3. The van der Waals surface area contributed by atoms with Gasteiger partial charge in [0.1, 0.15) is 6.04 Å². The minimum atomic E-state index is -0.796. The molecule has 164 valence electrons. The summed E-state index contributed by atoms with van der Waals surface area (Å²) in [6, 6.07) is 17.8. The van der Waals surface area contributed by atoms with Crippen LogP contribution < -0.4 is 10.2 Å². The van der Waals surface area contributed by atoms with E-state index in [-0.39, 0.29) is 24.6 Å². The second kappa shape index (κ2) is 8.15. The highest BCUT2D eigenvalue weighted by Gasteiger charge is 2.41. The van der Waals surface area contributed by atoms with Crippen molar-refractivity contribution in [2.75, 3.05) is 10.2 Å². The molecular formula is C23H18N6O4. The number of para-hydroxylation sites is 2. The molecule has 5 rings (SSSR count). The van der Waals surface area contributed by atoms with E-state index in [0.29, 0.717) is 17.3 Å². The van der Waals surface area contributed by atoms with Crippen molar-refractivity contribution in [2.45, 2.75) is 19.0 Å². The zero-order chi connectivity index (χ0) is 22.9. The molecule has 0 radical (unpaired) electrons. The van der Waals surface area contributed by atoms with Crippen molar-refractivity contribution in [1.82, 2.24) is 14.5 Å². The van der Waals surface area contributed by atoms with Crippen LogP contribution in [-0.4, -0.2) is 31.3 Å². The van der Waals surface area contributed by atoms with E-state index in [0.717, 1.165) is 11.0 Å². The molecule has 0 bridgehead atoms. The van der Waals surface area contributed by atoms with Crippen molar-refractivity contribution in [3.8, 4) is 0 Å². The molecule has 4 aromatic rings. The molecule has 1 atom stereocenters. The van der Waals surface area contributed by atoms with Gasteiger partial charge in [0.15, 0.2) is 0 Å². The van der Waals surface area contributed by atoms with Crippen LogP contribution in [0.15, 0.2) is 72.9 Å². The van der Waals surface area contributed by atoms with Gasteiger partial charge in [-0.1, -0.05) is 24.3 Å². The minimum Gasteiger partial charge on any atom is -0.326 e. The highest BCUT2D eigenvalue weighted by atomic mass is 16.6. The number of fused-ring (bicyclic) bond motifs is 3. The summed E-state index contributed by atoms with van der Waals surface area (Å²) in [6.07, 6.45) is 1.51. The third-order valence-electron chi connectivity index (χ3n) is 5.45. The number of carbonyl (C=O) groups excluding carboxylic acids is 2. The van der Waals surface area contributed by atoms with Crippen molar-refractivity contribution < 1.29 is 14.5 Å². The van der Waals surface area contributed by atoms with Crippen molar-refractivity contribution >= 4 is 40.2 Å². The van der Waals surface area contributed by atoms with Gasteiger partial charge in [-0.3, -0.25) is 34.2 Å². The molecule has 0 fully saturated rings. The monoisotopic (exact) mass is 442 g/mol. The molecule has 0 spiro atoms. The Hall–Kier alpha value is -4.60. The maximum Gasteiger partial charge on any atom is 0.271 e. The molecule has 1 aliphatic heterocycles. The summed E-state index contributed by atoms with van der Waals surface area (Å²) in [5, 5.41) is 13.7. The Morgan fingerprint density at radius 3 is 2.70 bits per heavy atom. The Kier molecular flexibility index (Phi) is 5.02. The number of rotatable bonds is 6. The first-order valence-electron chi connectivity index (χ1n) is 10.2. The first-order valence-corrected chi connectivity index (χ1v) is 10.2. The Labute approximate surface area is 187 Å². The molecule has 10 heteroatoms. The average Bonchev–Trinajstić information content (AvgIpc) is 3.30. The van der Waals surface area contributed by atoms with Gasteiger partial charge in [-0.05, 0) is 30.3 Å². The molecular weight excluding hydrogens is 424 g/mol. The zero-order valence-electron chi connectivity index (χ0n) is 17.3. The molecule has 33 heavy (non-hydrogen) atoms. The van der Waals surface area contributed by atoms with Crippen molar-refractivity contribution in [3.05, 3.63) is 88.7 Å². The second-order valence-electron chi connectivity index (χ2n) is 7.59. The van der Waals surface area contributed by atoms with Crippen LogP contribution in [-0.2, 0) is 16.1 Å². The first-order chi connectivity index (χ1) is 16.0. The number of benzene rings is 2. The number of pyridine rings is 1. The fourth-order valence-electron chi connectivity index (χ4n) is 3.98. The van der Waals surface area contributed by atoms with E-state index in [2.05, 4.69) is 15.3 Å². The van der Waals surface area contributed by atoms with Crippen LogP contribution in [0, 0.1) is 10.1 Å². The normalized spacial score (nSPS) is 15.0. The lowest BCUT2D eigenvalue weighted by Gasteiger charge is -2.15. The maximum atomic E-state index is 13.4. The van der Waals surface area contributed by atoms with Gasteiger partial charge in [0.2, 0.25) is 11.9 Å². The number of hydrogen-bond acceptors (Lipinski definition) is 6. The SMILES string of the molecule is O=C(C[C@@H]1C(=O)N(Cc2ccccn2)c2nc3ccccc3n21)Nc1cccc([N+](=O)[O-])c1. The van der Waals surface area contributed by atoms with E-state index in [1.54, 1.807) is 22.9 Å². The molecule has 3 heterocycles. The van der Waals surface area contributed by atoms with Crippen LogP contribution in [0.2, 0.25) is 0 Å². The first kappa shape index (κ1) is 20.3. The van der Waals surface area contributed by atoms with Crippen molar-refractivity contribution in [2.24, 2.45) is 0 Å². The van der Waals surface area contributed by atoms with Crippen LogP contribution in [0.4, 0.5) is 17.3 Å². The number of nitrogens with one attached hydrogen (secondary N) is 1. The number of nitro groups is 1. The summed E-state index contributed by atoms with van der Waals surface area (Å²) in [5.74, 6) is -0.236. The lowest BCUT2D eigenvalue weighted by atomic mass is 10.1.